The topological polar surface area (TPSA) is 37.4 Å². The number of methoxy groups -OCH3 is 1. The summed E-state index contributed by atoms with van der Waals surface area (Å²) in [4.78, 5) is 5.66. The summed E-state index contributed by atoms with van der Waals surface area (Å²) in [6.45, 7) is 1.28. The highest BCUT2D eigenvalue weighted by Crippen LogP contribution is 2.33. The van der Waals surface area contributed by atoms with Gasteiger partial charge in [0.1, 0.15) is 5.69 Å². The molecule has 1 saturated heterocycles. The van der Waals surface area contributed by atoms with Gasteiger partial charge in [0.25, 0.3) is 0 Å². The SMILES string of the molecule is CNc1ccc(C(F)(F)F)nc1N1CCC(OC)CC1. The van der Waals surface area contributed by atoms with Crippen molar-refractivity contribution in [3.63, 3.8) is 0 Å². The van der Waals surface area contributed by atoms with Gasteiger partial charge in [-0.2, -0.15) is 13.2 Å². The van der Waals surface area contributed by atoms with Crippen molar-refractivity contribution < 1.29 is 17.9 Å². The van der Waals surface area contributed by atoms with Gasteiger partial charge >= 0.3 is 6.18 Å². The second-order valence-electron chi connectivity index (χ2n) is 4.74. The van der Waals surface area contributed by atoms with Crippen LogP contribution in [0.2, 0.25) is 0 Å². The molecule has 0 radical (unpaired) electrons. The Labute approximate surface area is 115 Å². The number of ether oxygens (including phenoxy) is 1. The number of hydrogen-bond donors (Lipinski definition) is 1. The molecule has 112 valence electrons. The van der Waals surface area contributed by atoms with Crippen LogP contribution in [0.15, 0.2) is 12.1 Å². The van der Waals surface area contributed by atoms with Gasteiger partial charge in [0.2, 0.25) is 0 Å². The number of anilines is 2. The predicted molar refractivity (Wildman–Crippen MR) is 71.0 cm³/mol. The van der Waals surface area contributed by atoms with Crippen LogP contribution in [0.3, 0.4) is 0 Å². The van der Waals surface area contributed by atoms with Crippen molar-refractivity contribution >= 4 is 11.5 Å². The maximum atomic E-state index is 12.8. The van der Waals surface area contributed by atoms with Gasteiger partial charge in [0.15, 0.2) is 5.82 Å². The first-order valence-electron chi connectivity index (χ1n) is 6.49. The number of pyridine rings is 1. The lowest BCUT2D eigenvalue weighted by molar-refractivity contribution is -0.141. The smallest absolute Gasteiger partial charge is 0.385 e. The van der Waals surface area contributed by atoms with E-state index in [1.165, 1.54) is 6.07 Å². The Morgan fingerprint density at radius 1 is 1.30 bits per heavy atom. The van der Waals surface area contributed by atoms with Crippen LogP contribution in [0.5, 0.6) is 0 Å². The van der Waals surface area contributed by atoms with Crippen molar-refractivity contribution in [2.24, 2.45) is 0 Å². The van der Waals surface area contributed by atoms with Gasteiger partial charge in [0.05, 0.1) is 11.8 Å². The first-order valence-corrected chi connectivity index (χ1v) is 6.49. The Kier molecular flexibility index (Phi) is 4.37. The van der Waals surface area contributed by atoms with Crippen molar-refractivity contribution in [3.8, 4) is 0 Å². The minimum absolute atomic E-state index is 0.176. The van der Waals surface area contributed by atoms with Crippen molar-refractivity contribution in [3.05, 3.63) is 17.8 Å². The largest absolute Gasteiger partial charge is 0.433 e. The van der Waals surface area contributed by atoms with E-state index in [2.05, 4.69) is 10.3 Å². The molecule has 7 heteroatoms. The molecule has 0 aliphatic carbocycles. The summed E-state index contributed by atoms with van der Waals surface area (Å²) >= 11 is 0. The third-order valence-corrected chi connectivity index (χ3v) is 3.51. The van der Waals surface area contributed by atoms with Crippen molar-refractivity contribution in [2.45, 2.75) is 25.1 Å². The lowest BCUT2D eigenvalue weighted by Gasteiger charge is -2.33. The Hall–Kier alpha value is -1.50. The van der Waals surface area contributed by atoms with Gasteiger partial charge in [-0.1, -0.05) is 0 Å². The van der Waals surface area contributed by atoms with Crippen LogP contribution in [0.1, 0.15) is 18.5 Å². The van der Waals surface area contributed by atoms with E-state index in [0.29, 0.717) is 24.6 Å². The highest BCUT2D eigenvalue weighted by Gasteiger charge is 2.34. The fourth-order valence-corrected chi connectivity index (χ4v) is 2.35. The maximum Gasteiger partial charge on any atom is 0.433 e. The molecule has 0 spiro atoms. The fraction of sp³-hybridized carbons (Fsp3) is 0.615. The predicted octanol–water partition coefficient (Wildman–Crippen LogP) is 2.76. The molecule has 0 atom stereocenters. The van der Waals surface area contributed by atoms with Gasteiger partial charge < -0.3 is 15.0 Å². The van der Waals surface area contributed by atoms with E-state index in [1.807, 2.05) is 4.90 Å². The van der Waals surface area contributed by atoms with Crippen molar-refractivity contribution in [2.75, 3.05) is 37.5 Å². The van der Waals surface area contributed by atoms with Gasteiger partial charge in [-0.3, -0.25) is 0 Å². The minimum Gasteiger partial charge on any atom is -0.385 e. The normalized spacial score (nSPS) is 17.4. The number of alkyl halides is 3. The molecule has 2 rings (SSSR count). The standard InChI is InChI=1S/C13H18F3N3O/c1-17-10-3-4-11(13(14,15)16)18-12(10)19-7-5-9(20-2)6-8-19/h3-4,9,17H,5-8H2,1-2H3. The first-order chi connectivity index (χ1) is 9.45. The molecular weight excluding hydrogens is 271 g/mol. The van der Waals surface area contributed by atoms with E-state index < -0.39 is 11.9 Å². The summed E-state index contributed by atoms with van der Waals surface area (Å²) < 4.78 is 43.6. The summed E-state index contributed by atoms with van der Waals surface area (Å²) in [5.41, 5.74) is -0.255. The number of nitrogens with one attached hydrogen (secondary N) is 1. The molecule has 1 aliphatic heterocycles. The molecule has 1 aromatic heterocycles. The van der Waals surface area contributed by atoms with Crippen LogP contribution in [-0.2, 0) is 10.9 Å². The summed E-state index contributed by atoms with van der Waals surface area (Å²) in [7, 11) is 3.33. The average Bonchev–Trinajstić information content (AvgIpc) is 2.45. The Balaban J connectivity index is 2.25. The van der Waals surface area contributed by atoms with Crippen LogP contribution in [0.4, 0.5) is 24.7 Å². The molecule has 0 aromatic carbocycles. The van der Waals surface area contributed by atoms with E-state index in [1.54, 1.807) is 14.2 Å². The Morgan fingerprint density at radius 2 is 1.95 bits per heavy atom. The Morgan fingerprint density at radius 3 is 2.45 bits per heavy atom. The number of piperidine rings is 1. The molecule has 20 heavy (non-hydrogen) atoms. The van der Waals surface area contributed by atoms with Crippen LogP contribution >= 0.6 is 0 Å². The van der Waals surface area contributed by atoms with E-state index in [4.69, 9.17) is 4.74 Å². The number of aromatic nitrogens is 1. The van der Waals surface area contributed by atoms with Crippen LogP contribution in [-0.4, -0.2) is 38.3 Å². The minimum atomic E-state index is -4.42. The molecule has 1 fully saturated rings. The molecule has 4 nitrogen and oxygen atoms in total. The molecule has 1 aromatic rings. The second-order valence-corrected chi connectivity index (χ2v) is 4.74. The van der Waals surface area contributed by atoms with Crippen molar-refractivity contribution in [1.29, 1.82) is 0 Å². The van der Waals surface area contributed by atoms with E-state index in [0.717, 1.165) is 18.9 Å². The lowest BCUT2D eigenvalue weighted by Crippen LogP contribution is -2.37. The van der Waals surface area contributed by atoms with E-state index >= 15 is 0 Å². The third kappa shape index (κ3) is 3.15. The second kappa shape index (κ2) is 5.87. The van der Waals surface area contributed by atoms with Crippen LogP contribution in [0, 0.1) is 0 Å². The van der Waals surface area contributed by atoms with E-state index in [-0.39, 0.29) is 6.10 Å². The van der Waals surface area contributed by atoms with Gasteiger partial charge in [-0.25, -0.2) is 4.98 Å². The van der Waals surface area contributed by atoms with Crippen molar-refractivity contribution in [1.82, 2.24) is 4.98 Å². The number of hydrogen-bond acceptors (Lipinski definition) is 4. The molecule has 1 N–H and O–H groups in total. The Bertz CT molecular complexity index is 457. The molecule has 2 heterocycles. The number of halogens is 3. The monoisotopic (exact) mass is 289 g/mol. The van der Waals surface area contributed by atoms with Gasteiger partial charge in [0, 0.05) is 27.2 Å². The first kappa shape index (κ1) is 14.9. The highest BCUT2D eigenvalue weighted by molar-refractivity contribution is 5.66. The lowest BCUT2D eigenvalue weighted by atomic mass is 10.1. The third-order valence-electron chi connectivity index (χ3n) is 3.51. The van der Waals surface area contributed by atoms with Gasteiger partial charge in [-0.15, -0.1) is 0 Å². The number of rotatable bonds is 3. The molecule has 0 unspecified atom stereocenters. The fourth-order valence-electron chi connectivity index (χ4n) is 2.35. The molecule has 0 bridgehead atoms. The zero-order chi connectivity index (χ0) is 14.8. The number of nitrogens with zero attached hydrogens (tertiary/aromatic N) is 2. The zero-order valence-corrected chi connectivity index (χ0v) is 11.5. The summed E-state index contributed by atoms with van der Waals surface area (Å²) in [5, 5.41) is 2.89. The average molecular weight is 289 g/mol. The maximum absolute atomic E-state index is 12.8. The van der Waals surface area contributed by atoms with Crippen LogP contribution < -0.4 is 10.2 Å². The summed E-state index contributed by atoms with van der Waals surface area (Å²) in [6.07, 6.45) is -2.67. The molecule has 0 saturated carbocycles. The molecule has 1 aliphatic rings. The molecular formula is C13H18F3N3O. The van der Waals surface area contributed by atoms with Crippen LogP contribution in [0.25, 0.3) is 0 Å². The quantitative estimate of drug-likeness (QED) is 0.928. The van der Waals surface area contributed by atoms with Gasteiger partial charge in [-0.05, 0) is 25.0 Å². The summed E-state index contributed by atoms with van der Waals surface area (Å²) in [6, 6.07) is 2.42. The zero-order valence-electron chi connectivity index (χ0n) is 11.5. The highest BCUT2D eigenvalue weighted by atomic mass is 19.4. The van der Waals surface area contributed by atoms with E-state index in [9.17, 15) is 13.2 Å². The molecule has 0 amide bonds. The summed E-state index contributed by atoms with van der Waals surface area (Å²) in [5.74, 6) is 0.358.